The Morgan fingerprint density at radius 1 is 1.09 bits per heavy atom. The molecule has 0 bridgehead atoms. The molecule has 3 heterocycles. The molecule has 172 valence electrons. The first kappa shape index (κ1) is 23.6. The van der Waals surface area contributed by atoms with Gasteiger partial charge in [-0.1, -0.05) is 34.8 Å². The minimum absolute atomic E-state index is 0.375. The third kappa shape index (κ3) is 5.03. The summed E-state index contributed by atoms with van der Waals surface area (Å²) >= 11 is 18.9. The summed E-state index contributed by atoms with van der Waals surface area (Å²) in [5.41, 5.74) is 4.04. The van der Waals surface area contributed by atoms with Crippen LogP contribution in [0.4, 0.5) is 13.2 Å². The number of hydrogen-bond donors (Lipinski definition) is 1. The predicted molar refractivity (Wildman–Crippen MR) is 122 cm³/mol. The number of aliphatic carboxylic acids is 1. The van der Waals surface area contributed by atoms with Crippen molar-refractivity contribution in [3.63, 3.8) is 0 Å². The number of nitrogens with zero attached hydrogens (tertiary/aromatic N) is 3. The molecule has 33 heavy (non-hydrogen) atoms. The van der Waals surface area contributed by atoms with Gasteiger partial charge in [0.1, 0.15) is 10.3 Å². The van der Waals surface area contributed by atoms with E-state index in [0.29, 0.717) is 15.3 Å². The number of carbonyl (C=O) groups is 1. The van der Waals surface area contributed by atoms with E-state index in [2.05, 4.69) is 14.5 Å². The van der Waals surface area contributed by atoms with Crippen molar-refractivity contribution in [1.82, 2.24) is 14.5 Å². The number of fused-ring (bicyclic) bond motifs is 3. The van der Waals surface area contributed by atoms with Gasteiger partial charge in [-0.25, -0.2) is 9.78 Å². The molecule has 5 nitrogen and oxygen atoms in total. The Kier molecular flexibility index (Phi) is 6.44. The SMILES string of the molecule is Clc1cc(-c2ccc(Cl)nc2Cl)c2c(c1)c1ccncc1n2CC1CC1.O=C(O)C(F)(F)F. The molecule has 4 aromatic rings. The molecule has 0 saturated heterocycles. The molecule has 1 fully saturated rings. The summed E-state index contributed by atoms with van der Waals surface area (Å²) in [6.07, 6.45) is 1.21. The molecule has 1 aromatic carbocycles. The van der Waals surface area contributed by atoms with E-state index in [0.717, 1.165) is 45.4 Å². The highest BCUT2D eigenvalue weighted by Gasteiger charge is 2.38. The van der Waals surface area contributed by atoms with Gasteiger partial charge in [-0.15, -0.1) is 0 Å². The molecule has 0 unspecified atom stereocenters. The van der Waals surface area contributed by atoms with Crippen LogP contribution in [0.15, 0.2) is 42.7 Å². The van der Waals surface area contributed by atoms with Gasteiger partial charge in [0.15, 0.2) is 0 Å². The molecule has 0 spiro atoms. The van der Waals surface area contributed by atoms with Crippen molar-refractivity contribution >= 4 is 62.6 Å². The maximum absolute atomic E-state index is 10.6. The summed E-state index contributed by atoms with van der Waals surface area (Å²) in [5.74, 6) is -2.04. The van der Waals surface area contributed by atoms with Crippen molar-refractivity contribution < 1.29 is 23.1 Å². The van der Waals surface area contributed by atoms with Crippen molar-refractivity contribution in [2.24, 2.45) is 5.92 Å². The Hall–Kier alpha value is -2.55. The number of hydrogen-bond acceptors (Lipinski definition) is 3. The first-order valence-corrected chi connectivity index (χ1v) is 10.9. The van der Waals surface area contributed by atoms with Gasteiger partial charge in [0, 0.05) is 39.7 Å². The van der Waals surface area contributed by atoms with Crippen LogP contribution in [-0.4, -0.2) is 31.8 Å². The van der Waals surface area contributed by atoms with Crippen LogP contribution in [0.5, 0.6) is 0 Å². The number of rotatable bonds is 3. The number of pyridine rings is 2. The summed E-state index contributed by atoms with van der Waals surface area (Å²) in [6, 6.07) is 9.67. The molecule has 11 heteroatoms. The smallest absolute Gasteiger partial charge is 0.475 e. The van der Waals surface area contributed by atoms with Gasteiger partial charge in [0.25, 0.3) is 0 Å². The molecule has 1 aliphatic rings. The number of aromatic nitrogens is 3. The van der Waals surface area contributed by atoms with Crippen LogP contribution >= 0.6 is 34.8 Å². The lowest BCUT2D eigenvalue weighted by molar-refractivity contribution is -0.192. The fourth-order valence-corrected chi connectivity index (χ4v) is 4.28. The third-order valence-corrected chi connectivity index (χ3v) is 5.93. The topological polar surface area (TPSA) is 68.0 Å². The Morgan fingerprint density at radius 2 is 1.79 bits per heavy atom. The first-order chi connectivity index (χ1) is 15.6. The standard InChI is InChI=1S/C20H14Cl3N3.C2HF3O2/c21-12-7-15-13-5-6-24-9-17(13)26(10-11-1-2-11)19(15)16(8-12)14-3-4-18(22)25-20(14)23;3-2(4,5)1(6)7/h3-9,11H,1-2,10H2;(H,6,7). The molecule has 0 amide bonds. The fourth-order valence-electron chi connectivity index (χ4n) is 3.61. The zero-order valence-electron chi connectivity index (χ0n) is 16.7. The average Bonchev–Trinajstić information content (AvgIpc) is 3.50. The van der Waals surface area contributed by atoms with E-state index >= 15 is 0 Å². The molecule has 0 atom stereocenters. The second kappa shape index (κ2) is 9.00. The lowest BCUT2D eigenvalue weighted by atomic mass is 10.0. The number of carboxylic acid groups (broad SMARTS) is 1. The van der Waals surface area contributed by atoms with Gasteiger partial charge >= 0.3 is 12.1 Å². The predicted octanol–water partition coefficient (Wildman–Crippen LogP) is 7.26. The van der Waals surface area contributed by atoms with Crippen LogP contribution in [0.25, 0.3) is 32.9 Å². The van der Waals surface area contributed by atoms with Gasteiger partial charge in [0.2, 0.25) is 0 Å². The normalized spacial score (nSPS) is 13.8. The number of halogens is 6. The molecule has 0 radical (unpaired) electrons. The lowest BCUT2D eigenvalue weighted by Gasteiger charge is -2.12. The summed E-state index contributed by atoms with van der Waals surface area (Å²) < 4.78 is 34.1. The highest BCUT2D eigenvalue weighted by molar-refractivity contribution is 6.36. The summed E-state index contributed by atoms with van der Waals surface area (Å²) in [7, 11) is 0. The third-order valence-electron chi connectivity index (χ3n) is 5.21. The lowest BCUT2D eigenvalue weighted by Crippen LogP contribution is -2.21. The Bertz CT molecular complexity index is 1370. The minimum Gasteiger partial charge on any atom is -0.475 e. The summed E-state index contributed by atoms with van der Waals surface area (Å²) in [5, 5.41) is 10.8. The highest BCUT2D eigenvalue weighted by atomic mass is 35.5. The molecule has 1 aliphatic carbocycles. The van der Waals surface area contributed by atoms with Crippen molar-refractivity contribution in [2.45, 2.75) is 25.6 Å². The van der Waals surface area contributed by atoms with Crippen LogP contribution in [0.1, 0.15) is 12.8 Å². The minimum atomic E-state index is -5.08. The van der Waals surface area contributed by atoms with E-state index in [1.807, 2.05) is 36.7 Å². The van der Waals surface area contributed by atoms with E-state index in [1.54, 1.807) is 6.07 Å². The Balaban J connectivity index is 0.000000325. The van der Waals surface area contributed by atoms with Crippen molar-refractivity contribution in [3.8, 4) is 11.1 Å². The number of carboxylic acids is 1. The van der Waals surface area contributed by atoms with Crippen LogP contribution in [0.3, 0.4) is 0 Å². The summed E-state index contributed by atoms with van der Waals surface area (Å²) in [6.45, 7) is 0.971. The fraction of sp³-hybridized carbons (Fsp3) is 0.227. The molecule has 5 rings (SSSR count). The summed E-state index contributed by atoms with van der Waals surface area (Å²) in [4.78, 5) is 17.4. The van der Waals surface area contributed by atoms with Gasteiger partial charge in [0.05, 0.1) is 17.2 Å². The zero-order valence-corrected chi connectivity index (χ0v) is 19.0. The van der Waals surface area contributed by atoms with Crippen molar-refractivity contribution in [3.05, 3.63) is 58.1 Å². The van der Waals surface area contributed by atoms with E-state index in [-0.39, 0.29) is 0 Å². The second-order valence-electron chi connectivity index (χ2n) is 7.57. The van der Waals surface area contributed by atoms with Crippen LogP contribution < -0.4 is 0 Å². The maximum Gasteiger partial charge on any atom is 0.490 e. The van der Waals surface area contributed by atoms with Crippen molar-refractivity contribution in [2.75, 3.05) is 0 Å². The number of benzene rings is 1. The van der Waals surface area contributed by atoms with Crippen LogP contribution in [0, 0.1) is 5.92 Å². The molecular weight excluding hydrogens is 502 g/mol. The van der Waals surface area contributed by atoms with E-state index in [4.69, 9.17) is 44.7 Å². The van der Waals surface area contributed by atoms with Crippen LogP contribution in [0.2, 0.25) is 15.3 Å². The molecular formula is C22H15Cl3F3N3O2. The monoisotopic (exact) mass is 515 g/mol. The van der Waals surface area contributed by atoms with Gasteiger partial charge < -0.3 is 9.67 Å². The van der Waals surface area contributed by atoms with Crippen molar-refractivity contribution in [1.29, 1.82) is 0 Å². The molecule has 1 saturated carbocycles. The second-order valence-corrected chi connectivity index (χ2v) is 8.75. The average molecular weight is 517 g/mol. The van der Waals surface area contributed by atoms with E-state index < -0.39 is 12.1 Å². The maximum atomic E-state index is 10.6. The molecule has 3 aromatic heterocycles. The Labute approximate surface area is 200 Å². The Morgan fingerprint density at radius 3 is 2.39 bits per heavy atom. The largest absolute Gasteiger partial charge is 0.490 e. The number of alkyl halides is 3. The van der Waals surface area contributed by atoms with Crippen LogP contribution in [-0.2, 0) is 11.3 Å². The quantitative estimate of drug-likeness (QED) is 0.291. The molecule has 0 aliphatic heterocycles. The zero-order chi connectivity index (χ0) is 23.9. The van der Waals surface area contributed by atoms with E-state index in [1.165, 1.54) is 12.8 Å². The highest BCUT2D eigenvalue weighted by Crippen LogP contribution is 2.42. The molecule has 1 N–H and O–H groups in total. The van der Waals surface area contributed by atoms with Gasteiger partial charge in [-0.05, 0) is 49.1 Å². The van der Waals surface area contributed by atoms with Gasteiger partial charge in [-0.3, -0.25) is 4.98 Å². The first-order valence-electron chi connectivity index (χ1n) is 9.74. The van der Waals surface area contributed by atoms with E-state index in [9.17, 15) is 13.2 Å². The van der Waals surface area contributed by atoms with Gasteiger partial charge in [-0.2, -0.15) is 13.2 Å².